The van der Waals surface area contributed by atoms with E-state index in [0.29, 0.717) is 17.8 Å². The first-order chi connectivity index (χ1) is 9.20. The van der Waals surface area contributed by atoms with E-state index in [1.807, 2.05) is 16.0 Å². The fourth-order valence-electron chi connectivity index (χ4n) is 2.03. The molecule has 0 aliphatic rings. The standard InChI is InChI=1S/C12H10N4O2S/c13-7-10-11(14-12-15(10)4-5-19-12)8-2-1-3-9(6-8)16(17)18/h1-6H,7,13H2. The van der Waals surface area contributed by atoms with Crippen molar-refractivity contribution in [2.24, 2.45) is 5.73 Å². The number of imidazole rings is 1. The third kappa shape index (κ3) is 1.88. The molecule has 1 aromatic carbocycles. The molecular formula is C12H10N4O2S. The van der Waals surface area contributed by atoms with Crippen molar-refractivity contribution < 1.29 is 4.92 Å². The molecule has 0 radical (unpaired) electrons. The van der Waals surface area contributed by atoms with Gasteiger partial charge in [0, 0.05) is 35.8 Å². The summed E-state index contributed by atoms with van der Waals surface area (Å²) in [6.07, 6.45) is 1.90. The largest absolute Gasteiger partial charge is 0.325 e. The molecule has 0 aliphatic carbocycles. The molecule has 0 aliphatic heterocycles. The molecular weight excluding hydrogens is 264 g/mol. The molecule has 19 heavy (non-hydrogen) atoms. The molecule has 2 aromatic heterocycles. The minimum Gasteiger partial charge on any atom is -0.325 e. The van der Waals surface area contributed by atoms with E-state index in [-0.39, 0.29) is 5.69 Å². The van der Waals surface area contributed by atoms with Gasteiger partial charge in [-0.2, -0.15) is 0 Å². The van der Waals surface area contributed by atoms with Crippen LogP contribution < -0.4 is 5.73 Å². The Morgan fingerprint density at radius 3 is 3.05 bits per heavy atom. The number of nitro groups is 1. The molecule has 0 saturated carbocycles. The first-order valence-corrected chi connectivity index (χ1v) is 6.48. The van der Waals surface area contributed by atoms with Gasteiger partial charge in [0.1, 0.15) is 0 Å². The van der Waals surface area contributed by atoms with Crippen LogP contribution in [-0.4, -0.2) is 14.3 Å². The normalized spacial score (nSPS) is 11.0. The van der Waals surface area contributed by atoms with Gasteiger partial charge < -0.3 is 5.73 Å². The first-order valence-electron chi connectivity index (χ1n) is 5.60. The minimum atomic E-state index is -0.413. The number of hydrogen-bond acceptors (Lipinski definition) is 5. The molecule has 0 spiro atoms. The second kappa shape index (κ2) is 4.45. The summed E-state index contributed by atoms with van der Waals surface area (Å²) in [5, 5.41) is 12.7. The van der Waals surface area contributed by atoms with Crippen LogP contribution in [0.5, 0.6) is 0 Å². The predicted octanol–water partition coefficient (Wildman–Crippen LogP) is 2.43. The van der Waals surface area contributed by atoms with Gasteiger partial charge in [0.05, 0.1) is 16.3 Å². The van der Waals surface area contributed by atoms with E-state index < -0.39 is 4.92 Å². The van der Waals surface area contributed by atoms with Crippen LogP contribution in [-0.2, 0) is 6.54 Å². The Kier molecular flexibility index (Phi) is 2.77. The Morgan fingerprint density at radius 2 is 2.32 bits per heavy atom. The molecule has 96 valence electrons. The van der Waals surface area contributed by atoms with Crippen LogP contribution in [0.25, 0.3) is 16.2 Å². The maximum absolute atomic E-state index is 10.8. The van der Waals surface area contributed by atoms with Crippen molar-refractivity contribution in [3.05, 3.63) is 51.7 Å². The van der Waals surface area contributed by atoms with Gasteiger partial charge in [-0.25, -0.2) is 4.98 Å². The van der Waals surface area contributed by atoms with Gasteiger partial charge in [-0.1, -0.05) is 12.1 Å². The quantitative estimate of drug-likeness (QED) is 0.587. The molecule has 0 bridgehead atoms. The molecule has 0 fully saturated rings. The average Bonchev–Trinajstić information content (AvgIpc) is 2.98. The fourth-order valence-corrected chi connectivity index (χ4v) is 2.76. The lowest BCUT2D eigenvalue weighted by Crippen LogP contribution is -2.01. The first kappa shape index (κ1) is 11.8. The third-order valence-corrected chi connectivity index (χ3v) is 3.64. The topological polar surface area (TPSA) is 86.5 Å². The molecule has 6 nitrogen and oxygen atoms in total. The number of rotatable bonds is 3. The monoisotopic (exact) mass is 274 g/mol. The zero-order valence-corrected chi connectivity index (χ0v) is 10.6. The summed E-state index contributed by atoms with van der Waals surface area (Å²) >= 11 is 1.51. The average molecular weight is 274 g/mol. The molecule has 0 amide bonds. The van der Waals surface area contributed by atoms with Crippen molar-refractivity contribution in [2.75, 3.05) is 0 Å². The Morgan fingerprint density at radius 1 is 1.47 bits per heavy atom. The summed E-state index contributed by atoms with van der Waals surface area (Å²) in [6, 6.07) is 6.44. The highest BCUT2D eigenvalue weighted by molar-refractivity contribution is 7.15. The number of aromatic nitrogens is 2. The molecule has 3 aromatic rings. The number of non-ortho nitro benzene ring substituents is 1. The maximum Gasteiger partial charge on any atom is 0.270 e. The second-order valence-electron chi connectivity index (χ2n) is 3.97. The number of thiazole rings is 1. The van der Waals surface area contributed by atoms with Crippen LogP contribution in [0, 0.1) is 10.1 Å². The Hall–Kier alpha value is -2.25. The number of fused-ring (bicyclic) bond motifs is 1. The Labute approximate surface area is 112 Å². The van der Waals surface area contributed by atoms with Gasteiger partial charge in [-0.05, 0) is 0 Å². The number of nitrogens with two attached hydrogens (primary N) is 1. The zero-order valence-electron chi connectivity index (χ0n) is 9.81. The van der Waals surface area contributed by atoms with Gasteiger partial charge in [-0.15, -0.1) is 11.3 Å². The van der Waals surface area contributed by atoms with E-state index in [1.165, 1.54) is 23.5 Å². The van der Waals surface area contributed by atoms with Gasteiger partial charge in [-0.3, -0.25) is 14.5 Å². The van der Waals surface area contributed by atoms with E-state index in [4.69, 9.17) is 5.73 Å². The van der Waals surface area contributed by atoms with Crippen LogP contribution in [0.3, 0.4) is 0 Å². The summed E-state index contributed by atoms with van der Waals surface area (Å²) in [4.78, 5) is 15.7. The Bertz CT molecular complexity index is 762. The van der Waals surface area contributed by atoms with Crippen molar-refractivity contribution in [1.29, 1.82) is 0 Å². The van der Waals surface area contributed by atoms with Gasteiger partial charge >= 0.3 is 0 Å². The summed E-state index contributed by atoms with van der Waals surface area (Å²) in [6.45, 7) is 0.329. The van der Waals surface area contributed by atoms with Crippen LogP contribution in [0.4, 0.5) is 5.69 Å². The van der Waals surface area contributed by atoms with Crippen LogP contribution in [0.1, 0.15) is 5.69 Å². The molecule has 0 unspecified atom stereocenters. The van der Waals surface area contributed by atoms with E-state index in [0.717, 1.165) is 10.7 Å². The van der Waals surface area contributed by atoms with Crippen molar-refractivity contribution in [1.82, 2.24) is 9.38 Å². The number of nitro benzene ring substituents is 1. The molecule has 2 heterocycles. The smallest absolute Gasteiger partial charge is 0.270 e. The lowest BCUT2D eigenvalue weighted by molar-refractivity contribution is -0.384. The molecule has 0 saturated heterocycles. The fraction of sp³-hybridized carbons (Fsp3) is 0.0833. The summed E-state index contributed by atoms with van der Waals surface area (Å²) < 4.78 is 1.92. The molecule has 0 atom stereocenters. The summed E-state index contributed by atoms with van der Waals surface area (Å²) in [5.74, 6) is 0. The number of hydrogen-bond donors (Lipinski definition) is 1. The van der Waals surface area contributed by atoms with Gasteiger partial charge in [0.15, 0.2) is 4.96 Å². The van der Waals surface area contributed by atoms with E-state index in [2.05, 4.69) is 4.98 Å². The number of nitrogens with zero attached hydrogens (tertiary/aromatic N) is 3. The second-order valence-corrected chi connectivity index (χ2v) is 4.85. The highest BCUT2D eigenvalue weighted by Gasteiger charge is 2.15. The predicted molar refractivity (Wildman–Crippen MR) is 73.1 cm³/mol. The van der Waals surface area contributed by atoms with Gasteiger partial charge in [0.25, 0.3) is 5.69 Å². The molecule has 3 rings (SSSR count). The van der Waals surface area contributed by atoms with E-state index in [9.17, 15) is 10.1 Å². The lowest BCUT2D eigenvalue weighted by atomic mass is 10.1. The summed E-state index contributed by atoms with van der Waals surface area (Å²) in [7, 11) is 0. The van der Waals surface area contributed by atoms with Crippen LogP contribution >= 0.6 is 11.3 Å². The van der Waals surface area contributed by atoms with Crippen molar-refractivity contribution in [2.45, 2.75) is 6.54 Å². The molecule has 7 heteroatoms. The Balaban J connectivity index is 2.20. The SMILES string of the molecule is NCc1c(-c2cccc([N+](=O)[O-])c2)nc2sccn12. The summed E-state index contributed by atoms with van der Waals surface area (Å²) in [5.41, 5.74) is 8.10. The van der Waals surface area contributed by atoms with Crippen molar-refractivity contribution in [3.63, 3.8) is 0 Å². The number of benzene rings is 1. The van der Waals surface area contributed by atoms with E-state index in [1.54, 1.807) is 12.1 Å². The third-order valence-electron chi connectivity index (χ3n) is 2.88. The van der Waals surface area contributed by atoms with Crippen LogP contribution in [0.15, 0.2) is 35.8 Å². The van der Waals surface area contributed by atoms with E-state index >= 15 is 0 Å². The van der Waals surface area contributed by atoms with Crippen molar-refractivity contribution >= 4 is 22.0 Å². The van der Waals surface area contributed by atoms with Gasteiger partial charge in [0.2, 0.25) is 0 Å². The molecule has 2 N–H and O–H groups in total. The minimum absolute atomic E-state index is 0.0526. The maximum atomic E-state index is 10.8. The van der Waals surface area contributed by atoms with Crippen LogP contribution in [0.2, 0.25) is 0 Å². The highest BCUT2D eigenvalue weighted by atomic mass is 32.1. The zero-order chi connectivity index (χ0) is 13.4. The highest BCUT2D eigenvalue weighted by Crippen LogP contribution is 2.28. The van der Waals surface area contributed by atoms with Crippen molar-refractivity contribution in [3.8, 4) is 11.3 Å². The lowest BCUT2D eigenvalue weighted by Gasteiger charge is -2.01.